The Morgan fingerprint density at radius 3 is 3.00 bits per heavy atom. The van der Waals surface area contributed by atoms with Crippen LogP contribution in [-0.2, 0) is 0 Å². The molecule has 0 radical (unpaired) electrons. The van der Waals surface area contributed by atoms with Crippen molar-refractivity contribution in [3.63, 3.8) is 0 Å². The van der Waals surface area contributed by atoms with Crippen molar-refractivity contribution in [2.24, 2.45) is 10.3 Å². The molecule has 0 aromatic rings. The lowest BCUT2D eigenvalue weighted by atomic mass is 10.4. The van der Waals surface area contributed by atoms with Crippen molar-refractivity contribution >= 4 is 18.2 Å². The van der Waals surface area contributed by atoms with Crippen molar-refractivity contribution in [1.82, 2.24) is 0 Å². The molecule has 2 heteroatoms. The standard InChI is InChI=1S/C5H7NS/c1-5-2-4(5)3-6-7-5/h3-4H,2H2,1H3. The van der Waals surface area contributed by atoms with Crippen LogP contribution in [0, 0.1) is 5.92 Å². The Balaban J connectivity index is 2.28. The van der Waals surface area contributed by atoms with Crippen LogP contribution in [0.5, 0.6) is 0 Å². The minimum absolute atomic E-state index is 0.556. The van der Waals surface area contributed by atoms with Gasteiger partial charge < -0.3 is 0 Å². The summed E-state index contributed by atoms with van der Waals surface area (Å²) < 4.78 is 4.63. The predicted molar refractivity (Wildman–Crippen MR) is 32.6 cm³/mol. The van der Waals surface area contributed by atoms with Crippen molar-refractivity contribution in [3.8, 4) is 0 Å². The van der Waals surface area contributed by atoms with Gasteiger partial charge in [-0.2, -0.15) is 0 Å². The third-order valence-corrected chi connectivity index (χ3v) is 2.87. The van der Waals surface area contributed by atoms with Gasteiger partial charge in [-0.1, -0.05) is 0 Å². The minimum atomic E-state index is 0.556. The molecule has 0 spiro atoms. The summed E-state index contributed by atoms with van der Waals surface area (Å²) in [4.78, 5) is 0. The van der Waals surface area contributed by atoms with Crippen LogP contribution >= 0.6 is 11.9 Å². The Kier molecular flexibility index (Phi) is 0.506. The molecule has 2 aliphatic rings. The van der Waals surface area contributed by atoms with Gasteiger partial charge in [-0.25, -0.2) is 4.40 Å². The van der Waals surface area contributed by atoms with E-state index in [0.29, 0.717) is 4.75 Å². The Morgan fingerprint density at radius 2 is 2.86 bits per heavy atom. The highest BCUT2D eigenvalue weighted by atomic mass is 32.2. The zero-order valence-electron chi connectivity index (χ0n) is 4.22. The van der Waals surface area contributed by atoms with Crippen LogP contribution in [0.3, 0.4) is 0 Å². The average molecular weight is 113 g/mol. The summed E-state index contributed by atoms with van der Waals surface area (Å²) in [7, 11) is 0. The molecular formula is C5H7NS. The molecule has 0 amide bonds. The van der Waals surface area contributed by atoms with Crippen molar-refractivity contribution in [3.05, 3.63) is 0 Å². The summed E-state index contributed by atoms with van der Waals surface area (Å²) in [6.07, 6.45) is 3.44. The largest absolute Gasteiger partial charge is 0.228 e. The van der Waals surface area contributed by atoms with Crippen molar-refractivity contribution in [2.75, 3.05) is 0 Å². The fourth-order valence-electron chi connectivity index (χ4n) is 0.917. The van der Waals surface area contributed by atoms with Crippen LogP contribution in [0.2, 0.25) is 0 Å². The topological polar surface area (TPSA) is 12.4 Å². The number of rotatable bonds is 0. The Morgan fingerprint density at radius 1 is 2.00 bits per heavy atom. The van der Waals surface area contributed by atoms with Crippen LogP contribution < -0.4 is 0 Å². The first-order valence-corrected chi connectivity index (χ1v) is 3.30. The van der Waals surface area contributed by atoms with E-state index in [0.717, 1.165) is 5.92 Å². The highest BCUT2D eigenvalue weighted by molar-refractivity contribution is 8.00. The van der Waals surface area contributed by atoms with Gasteiger partial charge in [0.25, 0.3) is 0 Å². The Bertz CT molecular complexity index is 132. The van der Waals surface area contributed by atoms with Crippen LogP contribution in [0.1, 0.15) is 13.3 Å². The number of fused-ring (bicyclic) bond motifs is 1. The first-order valence-electron chi connectivity index (χ1n) is 2.53. The maximum atomic E-state index is 4.08. The van der Waals surface area contributed by atoms with Crippen LogP contribution in [0.15, 0.2) is 4.40 Å². The molecule has 1 aliphatic heterocycles. The molecule has 1 nitrogen and oxygen atoms in total. The van der Waals surface area contributed by atoms with Gasteiger partial charge in [0, 0.05) is 16.9 Å². The highest BCUT2D eigenvalue weighted by Gasteiger charge is 2.53. The molecule has 1 aliphatic carbocycles. The van der Waals surface area contributed by atoms with E-state index >= 15 is 0 Å². The first-order chi connectivity index (χ1) is 3.31. The van der Waals surface area contributed by atoms with Gasteiger partial charge in [-0.05, 0) is 25.3 Å². The smallest absolute Gasteiger partial charge is 0.0435 e. The Labute approximate surface area is 47.3 Å². The fraction of sp³-hybridized carbons (Fsp3) is 0.800. The average Bonchev–Trinajstić information content (AvgIpc) is 2.09. The molecule has 0 aromatic carbocycles. The van der Waals surface area contributed by atoms with E-state index in [2.05, 4.69) is 17.5 Å². The maximum absolute atomic E-state index is 4.08. The lowest BCUT2D eigenvalue weighted by Crippen LogP contribution is -1.91. The second kappa shape index (κ2) is 0.895. The number of hydrogen-bond acceptors (Lipinski definition) is 2. The van der Waals surface area contributed by atoms with E-state index in [9.17, 15) is 0 Å². The molecule has 0 bridgehead atoms. The summed E-state index contributed by atoms with van der Waals surface area (Å²) >= 11 is 1.74. The molecule has 0 N–H and O–H groups in total. The molecule has 1 saturated carbocycles. The molecule has 1 fully saturated rings. The van der Waals surface area contributed by atoms with E-state index in [1.165, 1.54) is 6.42 Å². The van der Waals surface area contributed by atoms with E-state index < -0.39 is 0 Å². The van der Waals surface area contributed by atoms with Gasteiger partial charge >= 0.3 is 0 Å². The second-order valence-electron chi connectivity index (χ2n) is 2.47. The fourth-order valence-corrected chi connectivity index (χ4v) is 1.82. The molecule has 2 unspecified atom stereocenters. The van der Waals surface area contributed by atoms with E-state index in [4.69, 9.17) is 0 Å². The molecule has 1 heterocycles. The monoisotopic (exact) mass is 113 g/mol. The van der Waals surface area contributed by atoms with Gasteiger partial charge in [0.2, 0.25) is 0 Å². The van der Waals surface area contributed by atoms with E-state index in [1.54, 1.807) is 11.9 Å². The first kappa shape index (κ1) is 3.96. The number of nitrogens with zero attached hydrogens (tertiary/aromatic N) is 1. The molecule has 2 atom stereocenters. The molecular weight excluding hydrogens is 106 g/mol. The zero-order valence-corrected chi connectivity index (χ0v) is 5.03. The summed E-state index contributed by atoms with van der Waals surface area (Å²) in [5.41, 5.74) is 0. The summed E-state index contributed by atoms with van der Waals surface area (Å²) in [6.45, 7) is 2.27. The van der Waals surface area contributed by atoms with Gasteiger partial charge in [-0.3, -0.25) is 0 Å². The lowest BCUT2D eigenvalue weighted by Gasteiger charge is -1.93. The second-order valence-corrected chi connectivity index (χ2v) is 3.80. The third kappa shape index (κ3) is 0.379. The molecule has 2 rings (SSSR count). The van der Waals surface area contributed by atoms with Gasteiger partial charge in [0.15, 0.2) is 0 Å². The molecule has 0 saturated heterocycles. The molecule has 7 heavy (non-hydrogen) atoms. The van der Waals surface area contributed by atoms with E-state index in [-0.39, 0.29) is 0 Å². The summed E-state index contributed by atoms with van der Waals surface area (Å²) in [5, 5.41) is 0. The van der Waals surface area contributed by atoms with Gasteiger partial charge in [0.1, 0.15) is 0 Å². The minimum Gasteiger partial charge on any atom is -0.228 e. The number of hydrogen-bond donors (Lipinski definition) is 0. The molecule has 0 aromatic heterocycles. The van der Waals surface area contributed by atoms with E-state index in [1.807, 2.05) is 0 Å². The highest BCUT2D eigenvalue weighted by Crippen LogP contribution is 2.57. The quantitative estimate of drug-likeness (QED) is 0.434. The normalized spacial score (nSPS) is 54.7. The summed E-state index contributed by atoms with van der Waals surface area (Å²) in [5.74, 6) is 0.831. The van der Waals surface area contributed by atoms with Crippen LogP contribution in [-0.4, -0.2) is 11.0 Å². The summed E-state index contributed by atoms with van der Waals surface area (Å²) in [6, 6.07) is 0. The predicted octanol–water partition coefficient (Wildman–Crippen LogP) is 1.50. The maximum Gasteiger partial charge on any atom is 0.0435 e. The zero-order chi connectivity index (χ0) is 4.91. The van der Waals surface area contributed by atoms with Gasteiger partial charge in [-0.15, -0.1) is 0 Å². The van der Waals surface area contributed by atoms with Crippen molar-refractivity contribution in [1.29, 1.82) is 0 Å². The Hall–Kier alpha value is 0.0200. The van der Waals surface area contributed by atoms with Crippen molar-refractivity contribution < 1.29 is 0 Å². The SMILES string of the molecule is CC12CC1C=NS2. The van der Waals surface area contributed by atoms with Gasteiger partial charge in [0.05, 0.1) is 0 Å². The third-order valence-electron chi connectivity index (χ3n) is 1.75. The molecule has 38 valence electrons. The van der Waals surface area contributed by atoms with Crippen LogP contribution in [0.4, 0.5) is 0 Å². The van der Waals surface area contributed by atoms with Crippen LogP contribution in [0.25, 0.3) is 0 Å². The lowest BCUT2D eigenvalue weighted by molar-refractivity contribution is 1.02. The van der Waals surface area contributed by atoms with Crippen molar-refractivity contribution in [2.45, 2.75) is 18.1 Å².